The SMILES string of the molecule is O=C1CCC(N2Cc3ccc(CNC(=O)Nc4ccc(Br)cc4)cc3C2=O)C(=O)N1. The summed E-state index contributed by atoms with van der Waals surface area (Å²) in [6, 6.07) is 11.6. The minimum atomic E-state index is -0.638. The molecule has 2 heterocycles. The highest BCUT2D eigenvalue weighted by molar-refractivity contribution is 9.10. The summed E-state index contributed by atoms with van der Waals surface area (Å²) in [6.07, 6.45) is 0.550. The Kier molecular flexibility index (Phi) is 5.54. The van der Waals surface area contributed by atoms with Crippen molar-refractivity contribution < 1.29 is 19.2 Å². The van der Waals surface area contributed by atoms with Gasteiger partial charge < -0.3 is 15.5 Å². The first kappa shape index (κ1) is 20.1. The van der Waals surface area contributed by atoms with Crippen LogP contribution >= 0.6 is 15.9 Å². The van der Waals surface area contributed by atoms with E-state index in [1.807, 2.05) is 24.3 Å². The van der Waals surface area contributed by atoms with E-state index in [0.717, 1.165) is 15.6 Å². The molecule has 2 aromatic rings. The van der Waals surface area contributed by atoms with Crippen LogP contribution in [0, 0.1) is 0 Å². The molecule has 0 radical (unpaired) electrons. The predicted molar refractivity (Wildman–Crippen MR) is 112 cm³/mol. The summed E-state index contributed by atoms with van der Waals surface area (Å²) in [6.45, 7) is 0.583. The van der Waals surface area contributed by atoms with E-state index in [4.69, 9.17) is 0 Å². The molecule has 8 nitrogen and oxygen atoms in total. The summed E-state index contributed by atoms with van der Waals surface area (Å²) in [7, 11) is 0. The van der Waals surface area contributed by atoms with Gasteiger partial charge in [-0.15, -0.1) is 0 Å². The Labute approximate surface area is 181 Å². The molecule has 1 saturated heterocycles. The molecule has 9 heteroatoms. The van der Waals surface area contributed by atoms with E-state index >= 15 is 0 Å². The largest absolute Gasteiger partial charge is 0.334 e. The maximum atomic E-state index is 12.8. The van der Waals surface area contributed by atoms with E-state index in [2.05, 4.69) is 31.9 Å². The number of carbonyl (C=O) groups is 4. The van der Waals surface area contributed by atoms with Crippen molar-refractivity contribution in [3.8, 4) is 0 Å². The molecule has 1 atom stereocenters. The maximum absolute atomic E-state index is 12.8. The average Bonchev–Trinajstić information content (AvgIpc) is 3.04. The molecule has 0 aliphatic carbocycles. The second-order valence-electron chi connectivity index (χ2n) is 7.21. The monoisotopic (exact) mass is 470 g/mol. The van der Waals surface area contributed by atoms with Crippen LogP contribution in [-0.2, 0) is 22.7 Å². The number of amides is 5. The van der Waals surface area contributed by atoms with Gasteiger partial charge in [0.2, 0.25) is 11.8 Å². The zero-order valence-corrected chi connectivity index (χ0v) is 17.5. The number of imide groups is 1. The van der Waals surface area contributed by atoms with E-state index in [-0.39, 0.29) is 30.8 Å². The lowest BCUT2D eigenvalue weighted by atomic mass is 10.0. The summed E-state index contributed by atoms with van der Waals surface area (Å²) >= 11 is 3.34. The molecule has 4 rings (SSSR count). The third kappa shape index (κ3) is 4.20. The molecular weight excluding hydrogens is 452 g/mol. The van der Waals surface area contributed by atoms with Crippen LogP contribution in [0.4, 0.5) is 10.5 Å². The molecule has 0 spiro atoms. The number of hydrogen-bond donors (Lipinski definition) is 3. The Bertz CT molecular complexity index is 1040. The summed E-state index contributed by atoms with van der Waals surface area (Å²) < 4.78 is 0.919. The number of carbonyl (C=O) groups excluding carboxylic acids is 4. The molecule has 1 unspecified atom stereocenters. The summed E-state index contributed by atoms with van der Waals surface area (Å²) in [4.78, 5) is 49.9. The minimum Gasteiger partial charge on any atom is -0.334 e. The van der Waals surface area contributed by atoms with Crippen molar-refractivity contribution in [3.63, 3.8) is 0 Å². The second-order valence-corrected chi connectivity index (χ2v) is 8.12. The molecule has 5 amide bonds. The van der Waals surface area contributed by atoms with Gasteiger partial charge >= 0.3 is 6.03 Å². The van der Waals surface area contributed by atoms with Crippen molar-refractivity contribution in [3.05, 3.63) is 63.6 Å². The number of halogens is 1. The fourth-order valence-electron chi connectivity index (χ4n) is 3.60. The van der Waals surface area contributed by atoms with E-state index < -0.39 is 11.9 Å². The van der Waals surface area contributed by atoms with Crippen molar-refractivity contribution in [2.24, 2.45) is 0 Å². The fraction of sp³-hybridized carbons (Fsp3) is 0.238. The highest BCUT2D eigenvalue weighted by Crippen LogP contribution is 2.28. The zero-order chi connectivity index (χ0) is 21.3. The van der Waals surface area contributed by atoms with Crippen LogP contribution in [0.2, 0.25) is 0 Å². The van der Waals surface area contributed by atoms with E-state index in [1.165, 1.54) is 4.90 Å². The molecule has 3 N–H and O–H groups in total. The maximum Gasteiger partial charge on any atom is 0.319 e. The fourth-order valence-corrected chi connectivity index (χ4v) is 3.87. The van der Waals surface area contributed by atoms with Crippen LogP contribution in [0.15, 0.2) is 46.9 Å². The third-order valence-electron chi connectivity index (χ3n) is 5.15. The quantitative estimate of drug-likeness (QED) is 0.596. The lowest BCUT2D eigenvalue weighted by molar-refractivity contribution is -0.136. The average molecular weight is 471 g/mol. The first-order valence-electron chi connectivity index (χ1n) is 9.47. The first-order valence-corrected chi connectivity index (χ1v) is 10.3. The number of anilines is 1. The van der Waals surface area contributed by atoms with Gasteiger partial charge in [-0.2, -0.15) is 0 Å². The highest BCUT2D eigenvalue weighted by atomic mass is 79.9. The summed E-state index contributed by atoms with van der Waals surface area (Å²) in [5, 5.41) is 7.80. The third-order valence-corrected chi connectivity index (χ3v) is 5.68. The van der Waals surface area contributed by atoms with Crippen molar-refractivity contribution >= 4 is 45.4 Å². The van der Waals surface area contributed by atoms with E-state index in [9.17, 15) is 19.2 Å². The molecule has 154 valence electrons. The van der Waals surface area contributed by atoms with Gasteiger partial charge in [-0.3, -0.25) is 19.7 Å². The van der Waals surface area contributed by atoms with Crippen LogP contribution < -0.4 is 16.0 Å². The normalized spacial score (nSPS) is 18.1. The zero-order valence-electron chi connectivity index (χ0n) is 15.9. The van der Waals surface area contributed by atoms with Crippen molar-refractivity contribution in [2.45, 2.75) is 32.0 Å². The van der Waals surface area contributed by atoms with Crippen LogP contribution in [0.1, 0.15) is 34.3 Å². The number of nitrogens with one attached hydrogen (secondary N) is 3. The van der Waals surface area contributed by atoms with E-state index in [0.29, 0.717) is 24.2 Å². The second kappa shape index (κ2) is 8.27. The molecule has 2 aromatic carbocycles. The predicted octanol–water partition coefficient (Wildman–Crippen LogP) is 2.53. The Morgan fingerprint density at radius 2 is 1.90 bits per heavy atom. The van der Waals surface area contributed by atoms with Crippen LogP contribution in [-0.4, -0.2) is 34.7 Å². The molecule has 1 fully saturated rings. The summed E-state index contributed by atoms with van der Waals surface area (Å²) in [5.41, 5.74) is 2.79. The van der Waals surface area contributed by atoms with Gasteiger partial charge in [-0.1, -0.05) is 28.1 Å². The Morgan fingerprint density at radius 1 is 1.13 bits per heavy atom. The molecule has 2 aliphatic rings. The Balaban J connectivity index is 1.38. The van der Waals surface area contributed by atoms with Crippen LogP contribution in [0.25, 0.3) is 0 Å². The van der Waals surface area contributed by atoms with Crippen molar-refractivity contribution in [2.75, 3.05) is 5.32 Å². The minimum absolute atomic E-state index is 0.221. The van der Waals surface area contributed by atoms with Crippen LogP contribution in [0.3, 0.4) is 0 Å². The number of urea groups is 1. The van der Waals surface area contributed by atoms with Gasteiger partial charge in [0.25, 0.3) is 5.91 Å². The topological polar surface area (TPSA) is 108 Å². The number of piperidine rings is 1. The molecule has 0 bridgehead atoms. The number of benzene rings is 2. The lowest BCUT2D eigenvalue weighted by Gasteiger charge is -2.29. The molecule has 2 aliphatic heterocycles. The van der Waals surface area contributed by atoms with Gasteiger partial charge in [0.15, 0.2) is 0 Å². The van der Waals surface area contributed by atoms with Crippen molar-refractivity contribution in [1.82, 2.24) is 15.5 Å². The highest BCUT2D eigenvalue weighted by Gasteiger charge is 2.39. The van der Waals surface area contributed by atoms with Crippen molar-refractivity contribution in [1.29, 1.82) is 0 Å². The van der Waals surface area contributed by atoms with E-state index in [1.54, 1.807) is 18.2 Å². The van der Waals surface area contributed by atoms with Gasteiger partial charge in [0, 0.05) is 35.2 Å². The smallest absolute Gasteiger partial charge is 0.319 e. The van der Waals surface area contributed by atoms with Crippen LogP contribution in [0.5, 0.6) is 0 Å². The number of fused-ring (bicyclic) bond motifs is 1. The van der Waals surface area contributed by atoms with Gasteiger partial charge in [0.1, 0.15) is 6.04 Å². The Morgan fingerprint density at radius 3 is 2.63 bits per heavy atom. The number of rotatable bonds is 4. The first-order chi connectivity index (χ1) is 14.4. The number of nitrogens with zero attached hydrogens (tertiary/aromatic N) is 1. The number of hydrogen-bond acceptors (Lipinski definition) is 4. The van der Waals surface area contributed by atoms with Gasteiger partial charge in [-0.05, 0) is 47.9 Å². The summed E-state index contributed by atoms with van der Waals surface area (Å²) in [5.74, 6) is -0.977. The lowest BCUT2D eigenvalue weighted by Crippen LogP contribution is -2.52. The molecule has 0 saturated carbocycles. The van der Waals surface area contributed by atoms with Gasteiger partial charge in [0.05, 0.1) is 0 Å². The Hall–Kier alpha value is -3.20. The molecule has 0 aromatic heterocycles. The standard InChI is InChI=1S/C21H19BrN4O4/c22-14-3-5-15(6-4-14)24-21(30)23-10-12-1-2-13-11-26(20(29)16(13)9-12)17-7-8-18(27)25-19(17)28/h1-6,9,17H,7-8,10-11H2,(H2,23,24,30)(H,25,27,28). The molecule has 30 heavy (non-hydrogen) atoms. The molecular formula is C21H19BrN4O4. The van der Waals surface area contributed by atoms with Gasteiger partial charge in [-0.25, -0.2) is 4.79 Å².